The molecule has 2 aromatic carbocycles. The largest absolute Gasteiger partial charge is 0.390 e. The smallest absolute Gasteiger partial charge is 0.217 e. The number of aliphatic hydroxyl groups excluding tert-OH is 1. The Kier molecular flexibility index (Phi) is 8.97. The van der Waals surface area contributed by atoms with Crippen molar-refractivity contribution in [3.05, 3.63) is 76.9 Å². The Morgan fingerprint density at radius 3 is 2.38 bits per heavy atom. The number of hydrogen-bond acceptors (Lipinski definition) is 3. The highest BCUT2D eigenvalue weighted by molar-refractivity contribution is 5.73. The number of nitrogens with one attached hydrogen (secondary N) is 2. The summed E-state index contributed by atoms with van der Waals surface area (Å²) in [5.41, 5.74) is 3.70. The van der Waals surface area contributed by atoms with Crippen LogP contribution in [0.3, 0.4) is 0 Å². The van der Waals surface area contributed by atoms with Crippen molar-refractivity contribution in [2.45, 2.75) is 77.0 Å². The molecule has 0 heterocycles. The van der Waals surface area contributed by atoms with Gasteiger partial charge >= 0.3 is 0 Å². The molecule has 1 saturated carbocycles. The Balaban J connectivity index is 1.80. The minimum atomic E-state index is -0.936. The number of benzene rings is 2. The predicted molar refractivity (Wildman–Crippen MR) is 132 cm³/mol. The molecule has 2 aromatic rings. The van der Waals surface area contributed by atoms with Crippen LogP contribution < -0.4 is 10.6 Å². The molecule has 0 bridgehead atoms. The van der Waals surface area contributed by atoms with Gasteiger partial charge in [0.25, 0.3) is 0 Å². The van der Waals surface area contributed by atoms with Gasteiger partial charge in [-0.1, -0.05) is 43.5 Å². The summed E-state index contributed by atoms with van der Waals surface area (Å²) in [5, 5.41) is 17.4. The topological polar surface area (TPSA) is 61.4 Å². The molecule has 1 aliphatic carbocycles. The van der Waals surface area contributed by atoms with Gasteiger partial charge in [0.15, 0.2) is 0 Å². The van der Waals surface area contributed by atoms with E-state index >= 15 is 0 Å². The number of amides is 1. The second-order valence-corrected chi connectivity index (χ2v) is 9.43. The molecule has 4 nitrogen and oxygen atoms in total. The fourth-order valence-corrected chi connectivity index (χ4v) is 4.92. The monoisotopic (exact) mass is 470 g/mol. The third-order valence-corrected chi connectivity index (χ3v) is 6.89. The van der Waals surface area contributed by atoms with Crippen molar-refractivity contribution >= 4 is 11.5 Å². The minimum Gasteiger partial charge on any atom is -0.390 e. The fraction of sp³-hybridized carbons (Fsp3) is 0.464. The van der Waals surface area contributed by atoms with E-state index in [9.17, 15) is 18.7 Å². The van der Waals surface area contributed by atoms with E-state index in [1.165, 1.54) is 42.2 Å². The molecule has 1 fully saturated rings. The number of carbonyl (C=O) groups is 1. The van der Waals surface area contributed by atoms with Crippen LogP contribution in [-0.2, 0) is 16.8 Å². The first-order valence-corrected chi connectivity index (χ1v) is 12.1. The van der Waals surface area contributed by atoms with Crippen LogP contribution in [0.4, 0.5) is 8.78 Å². The zero-order valence-electron chi connectivity index (χ0n) is 20.3. The van der Waals surface area contributed by atoms with Crippen molar-refractivity contribution in [1.82, 2.24) is 10.6 Å². The van der Waals surface area contributed by atoms with Crippen molar-refractivity contribution in [3.63, 3.8) is 0 Å². The Morgan fingerprint density at radius 2 is 1.76 bits per heavy atom. The molecule has 3 rings (SSSR count). The SMILES string of the molecule is CC=C(C)c1cccc(C2(NCC(O)C(Cc3cc(F)cc(F)c3)NC(C)=O)CCCCC2)c1. The second kappa shape index (κ2) is 11.7. The number of halogens is 2. The van der Waals surface area contributed by atoms with Crippen LogP contribution in [0, 0.1) is 11.6 Å². The summed E-state index contributed by atoms with van der Waals surface area (Å²) in [6.07, 6.45) is 6.56. The molecular formula is C28H36F2N2O2. The van der Waals surface area contributed by atoms with Crippen molar-refractivity contribution in [1.29, 1.82) is 0 Å². The highest BCUT2D eigenvalue weighted by Gasteiger charge is 2.35. The first-order chi connectivity index (χ1) is 16.2. The maximum absolute atomic E-state index is 13.7. The maximum Gasteiger partial charge on any atom is 0.217 e. The third-order valence-electron chi connectivity index (χ3n) is 6.89. The van der Waals surface area contributed by atoms with Crippen LogP contribution in [-0.4, -0.2) is 29.7 Å². The Morgan fingerprint density at radius 1 is 1.09 bits per heavy atom. The van der Waals surface area contributed by atoms with Crippen molar-refractivity contribution < 1.29 is 18.7 Å². The number of carbonyl (C=O) groups excluding carboxylic acids is 1. The molecular weight excluding hydrogens is 434 g/mol. The first kappa shape index (κ1) is 26.0. The molecule has 1 amide bonds. The lowest BCUT2D eigenvalue weighted by molar-refractivity contribution is -0.120. The first-order valence-electron chi connectivity index (χ1n) is 12.1. The third kappa shape index (κ3) is 6.73. The normalized spacial score (nSPS) is 17.8. The fourth-order valence-electron chi connectivity index (χ4n) is 4.92. The summed E-state index contributed by atoms with van der Waals surface area (Å²) in [5.74, 6) is -1.66. The summed E-state index contributed by atoms with van der Waals surface area (Å²) >= 11 is 0. The highest BCUT2D eigenvalue weighted by atomic mass is 19.1. The van der Waals surface area contributed by atoms with Gasteiger partial charge in [-0.3, -0.25) is 4.79 Å². The minimum absolute atomic E-state index is 0.125. The zero-order chi connectivity index (χ0) is 24.7. The van der Waals surface area contributed by atoms with E-state index < -0.39 is 23.8 Å². The second-order valence-electron chi connectivity index (χ2n) is 9.43. The van der Waals surface area contributed by atoms with E-state index in [0.717, 1.165) is 31.7 Å². The van der Waals surface area contributed by atoms with Gasteiger partial charge in [0.1, 0.15) is 11.6 Å². The van der Waals surface area contributed by atoms with Gasteiger partial charge in [-0.2, -0.15) is 0 Å². The lowest BCUT2D eigenvalue weighted by Crippen LogP contribution is -2.53. The quantitative estimate of drug-likeness (QED) is 0.469. The van der Waals surface area contributed by atoms with E-state index in [4.69, 9.17) is 0 Å². The van der Waals surface area contributed by atoms with Crippen LogP contribution in [0.15, 0.2) is 48.5 Å². The van der Waals surface area contributed by atoms with Gasteiger partial charge in [-0.05, 0) is 73.6 Å². The molecule has 184 valence electrons. The standard InChI is InChI=1S/C28H36F2N2O2/c1-4-19(2)22-9-8-10-23(16-22)28(11-6-5-7-12-28)31-18-27(34)26(32-20(3)33)15-21-13-24(29)17-25(30)14-21/h4,8-10,13-14,16-17,26-27,31,34H,5-7,11-12,15,18H2,1-3H3,(H,32,33). The van der Waals surface area contributed by atoms with Crippen LogP contribution in [0.1, 0.15) is 69.6 Å². The van der Waals surface area contributed by atoms with Gasteiger partial charge in [-0.15, -0.1) is 0 Å². The predicted octanol–water partition coefficient (Wildman–Crippen LogP) is 5.25. The molecule has 0 radical (unpaired) electrons. The van der Waals surface area contributed by atoms with E-state index in [1.54, 1.807) is 0 Å². The lowest BCUT2D eigenvalue weighted by Gasteiger charge is -2.40. The molecule has 3 N–H and O–H groups in total. The molecule has 0 spiro atoms. The highest BCUT2D eigenvalue weighted by Crippen LogP contribution is 2.38. The summed E-state index contributed by atoms with van der Waals surface area (Å²) in [6, 6.07) is 11.1. The van der Waals surface area contributed by atoms with Crippen molar-refractivity contribution in [3.8, 4) is 0 Å². The molecule has 34 heavy (non-hydrogen) atoms. The van der Waals surface area contributed by atoms with Gasteiger partial charge < -0.3 is 15.7 Å². The number of hydrogen-bond donors (Lipinski definition) is 3. The summed E-state index contributed by atoms with van der Waals surface area (Å²) in [7, 11) is 0. The van der Waals surface area contributed by atoms with Crippen LogP contribution in [0.5, 0.6) is 0 Å². The van der Waals surface area contributed by atoms with Crippen molar-refractivity contribution in [2.24, 2.45) is 0 Å². The van der Waals surface area contributed by atoms with Gasteiger partial charge in [-0.25, -0.2) is 8.78 Å². The molecule has 2 atom stereocenters. The molecule has 6 heteroatoms. The number of allylic oxidation sites excluding steroid dienone is 2. The molecule has 0 aromatic heterocycles. The number of rotatable bonds is 9. The van der Waals surface area contributed by atoms with Crippen LogP contribution in [0.2, 0.25) is 0 Å². The summed E-state index contributed by atoms with van der Waals surface area (Å²) < 4.78 is 27.4. The number of aliphatic hydroxyl groups is 1. The molecule has 1 aliphatic rings. The van der Waals surface area contributed by atoms with E-state index in [2.05, 4.69) is 47.9 Å². The van der Waals surface area contributed by atoms with E-state index in [-0.39, 0.29) is 24.4 Å². The summed E-state index contributed by atoms with van der Waals surface area (Å²) in [6.45, 7) is 5.74. The average Bonchev–Trinajstić information content (AvgIpc) is 2.81. The average molecular weight is 471 g/mol. The van der Waals surface area contributed by atoms with E-state index in [1.807, 2.05) is 6.92 Å². The Labute approximate surface area is 201 Å². The lowest BCUT2D eigenvalue weighted by atomic mass is 9.75. The van der Waals surface area contributed by atoms with E-state index in [0.29, 0.717) is 5.56 Å². The van der Waals surface area contributed by atoms with Gasteiger partial charge in [0.2, 0.25) is 5.91 Å². The molecule has 0 saturated heterocycles. The molecule has 2 unspecified atom stereocenters. The Bertz CT molecular complexity index is 995. The summed E-state index contributed by atoms with van der Waals surface area (Å²) in [4.78, 5) is 11.8. The maximum atomic E-state index is 13.7. The van der Waals surface area contributed by atoms with Gasteiger partial charge in [0, 0.05) is 25.1 Å². The molecule has 0 aliphatic heterocycles. The van der Waals surface area contributed by atoms with Crippen molar-refractivity contribution in [2.75, 3.05) is 6.54 Å². The van der Waals surface area contributed by atoms with Gasteiger partial charge in [0.05, 0.1) is 12.1 Å². The van der Waals surface area contributed by atoms with Crippen LogP contribution in [0.25, 0.3) is 5.57 Å². The Hall–Kier alpha value is -2.57. The van der Waals surface area contributed by atoms with Crippen LogP contribution >= 0.6 is 0 Å². The zero-order valence-corrected chi connectivity index (χ0v) is 20.3.